The van der Waals surface area contributed by atoms with E-state index in [0.717, 1.165) is 24.6 Å². The van der Waals surface area contributed by atoms with Gasteiger partial charge in [0.05, 0.1) is 0 Å². The standard InChI is InChI=1S/C18H27NO4Se/c1-16(2)12-7-8-17(16,3)18(10-19-15(21)23-18)14(12)24-9-11-5-4-6-13(20)22-11/h11-12,14H,4-10H2,1-3H3,(H,19,21)/t11?,12-,14+,17-,18?/m1/s1. The Balaban J connectivity index is 1.57. The average molecular weight is 400 g/mol. The number of carbonyl (C=O) groups is 2. The van der Waals surface area contributed by atoms with Crippen molar-refractivity contribution in [3.05, 3.63) is 0 Å². The van der Waals surface area contributed by atoms with E-state index in [0.29, 0.717) is 38.7 Å². The maximum absolute atomic E-state index is 11.9. The topological polar surface area (TPSA) is 64.6 Å². The van der Waals surface area contributed by atoms with E-state index in [1.165, 1.54) is 6.42 Å². The minimum atomic E-state index is -0.366. The number of alkyl carbamates (subject to hydrolysis) is 1. The average Bonchev–Trinajstić information content (AvgIpc) is 3.05. The fraction of sp³-hybridized carbons (Fsp3) is 0.889. The monoisotopic (exact) mass is 401 g/mol. The molecule has 24 heavy (non-hydrogen) atoms. The van der Waals surface area contributed by atoms with Crippen LogP contribution in [0.25, 0.3) is 0 Å². The number of amides is 1. The van der Waals surface area contributed by atoms with Crippen molar-refractivity contribution in [3.63, 3.8) is 0 Å². The fourth-order valence-electron chi connectivity index (χ4n) is 5.73. The molecule has 5 atom stereocenters. The minimum absolute atomic E-state index is 0.0273. The van der Waals surface area contributed by atoms with Gasteiger partial charge in [0.1, 0.15) is 0 Å². The van der Waals surface area contributed by atoms with Crippen LogP contribution in [0.4, 0.5) is 4.79 Å². The van der Waals surface area contributed by atoms with Gasteiger partial charge in [-0.05, 0) is 0 Å². The summed E-state index contributed by atoms with van der Waals surface area (Å²) in [6, 6.07) is 0. The molecule has 4 fully saturated rings. The Morgan fingerprint density at radius 2 is 2.04 bits per heavy atom. The van der Waals surface area contributed by atoms with Crippen molar-refractivity contribution in [2.45, 2.75) is 74.7 Å². The quantitative estimate of drug-likeness (QED) is 0.585. The van der Waals surface area contributed by atoms with Crippen LogP contribution in [-0.2, 0) is 14.3 Å². The van der Waals surface area contributed by atoms with Crippen molar-refractivity contribution in [1.29, 1.82) is 0 Å². The van der Waals surface area contributed by atoms with E-state index >= 15 is 0 Å². The van der Waals surface area contributed by atoms with Crippen LogP contribution in [0.2, 0.25) is 10.1 Å². The summed E-state index contributed by atoms with van der Waals surface area (Å²) in [6.07, 6.45) is 4.65. The van der Waals surface area contributed by atoms with E-state index in [1.54, 1.807) is 0 Å². The van der Waals surface area contributed by atoms with Crippen LogP contribution < -0.4 is 5.32 Å². The second kappa shape index (κ2) is 5.38. The molecule has 2 saturated heterocycles. The summed E-state index contributed by atoms with van der Waals surface area (Å²) in [6.45, 7) is 7.67. The first-order valence-corrected chi connectivity index (χ1v) is 11.3. The van der Waals surface area contributed by atoms with Crippen LogP contribution in [0.15, 0.2) is 0 Å². The maximum atomic E-state index is 11.9. The van der Waals surface area contributed by atoms with Gasteiger partial charge in [-0.25, -0.2) is 0 Å². The molecule has 2 bridgehead atoms. The molecule has 0 aromatic heterocycles. The van der Waals surface area contributed by atoms with Crippen molar-refractivity contribution in [2.24, 2.45) is 16.7 Å². The molecule has 5 nitrogen and oxygen atoms in total. The second-order valence-corrected chi connectivity index (χ2v) is 11.1. The Hall–Kier alpha value is -0.741. The second-order valence-electron chi connectivity index (χ2n) is 8.59. The molecule has 2 aliphatic carbocycles. The van der Waals surface area contributed by atoms with Gasteiger partial charge in [-0.15, -0.1) is 0 Å². The molecular formula is C18H27NO4Se. The Labute approximate surface area is 149 Å². The van der Waals surface area contributed by atoms with Crippen molar-refractivity contribution in [2.75, 3.05) is 6.54 Å². The molecule has 4 aliphatic rings. The van der Waals surface area contributed by atoms with Gasteiger partial charge < -0.3 is 0 Å². The van der Waals surface area contributed by atoms with E-state index in [2.05, 4.69) is 26.1 Å². The molecule has 0 radical (unpaired) electrons. The van der Waals surface area contributed by atoms with Crippen LogP contribution in [0.1, 0.15) is 52.9 Å². The van der Waals surface area contributed by atoms with Gasteiger partial charge in [0.25, 0.3) is 0 Å². The van der Waals surface area contributed by atoms with Crippen LogP contribution in [0.3, 0.4) is 0 Å². The third kappa shape index (κ3) is 2.05. The molecule has 4 rings (SSSR count). The number of hydrogen-bond donors (Lipinski definition) is 1. The molecule has 0 aromatic rings. The number of fused-ring (bicyclic) bond motifs is 3. The molecule has 2 saturated carbocycles. The first kappa shape index (κ1) is 16.7. The third-order valence-electron chi connectivity index (χ3n) is 7.50. The number of hydrogen-bond acceptors (Lipinski definition) is 4. The summed E-state index contributed by atoms with van der Waals surface area (Å²) < 4.78 is 11.5. The number of carbonyl (C=O) groups excluding carboxylic acids is 2. The zero-order chi connectivity index (χ0) is 17.2. The zero-order valence-electron chi connectivity index (χ0n) is 14.7. The van der Waals surface area contributed by atoms with Gasteiger partial charge >= 0.3 is 149 Å². The van der Waals surface area contributed by atoms with Crippen molar-refractivity contribution in [1.82, 2.24) is 5.32 Å². The summed E-state index contributed by atoms with van der Waals surface area (Å²) in [4.78, 5) is 23.9. The molecule has 1 N–H and O–H groups in total. The molecule has 0 aromatic carbocycles. The third-order valence-corrected chi connectivity index (χ3v) is 10.9. The first-order valence-electron chi connectivity index (χ1n) is 9.08. The number of nitrogens with one attached hydrogen (secondary N) is 1. The molecule has 6 heteroatoms. The first-order chi connectivity index (χ1) is 11.3. The summed E-state index contributed by atoms with van der Waals surface area (Å²) in [5.41, 5.74) is -0.163. The Morgan fingerprint density at radius 3 is 2.71 bits per heavy atom. The van der Waals surface area contributed by atoms with E-state index < -0.39 is 0 Å². The van der Waals surface area contributed by atoms with Gasteiger partial charge in [0, 0.05) is 0 Å². The van der Waals surface area contributed by atoms with E-state index in [-0.39, 0.29) is 34.6 Å². The van der Waals surface area contributed by atoms with Gasteiger partial charge in [-0.2, -0.15) is 0 Å². The predicted octanol–water partition coefficient (Wildman–Crippen LogP) is 2.93. The number of cyclic esters (lactones) is 1. The summed E-state index contributed by atoms with van der Waals surface area (Å²) >= 11 is 0.300. The molecular weight excluding hydrogens is 373 g/mol. The predicted molar refractivity (Wildman–Crippen MR) is 89.9 cm³/mol. The Kier molecular flexibility index (Phi) is 3.74. The molecule has 1 spiro atoms. The van der Waals surface area contributed by atoms with Crippen LogP contribution in [0.5, 0.6) is 0 Å². The number of esters is 1. The van der Waals surface area contributed by atoms with Crippen molar-refractivity contribution in [3.8, 4) is 0 Å². The SMILES string of the molecule is CC1(C)[C@@H]2CC[C@@]1(C)C1(CNC(=O)O1)[C@H]2[Se]CC1CCCC(=O)O1. The number of rotatable bonds is 3. The van der Waals surface area contributed by atoms with E-state index in [4.69, 9.17) is 9.47 Å². The van der Waals surface area contributed by atoms with Gasteiger partial charge in [-0.3, -0.25) is 0 Å². The van der Waals surface area contributed by atoms with Crippen LogP contribution in [-0.4, -0.2) is 45.3 Å². The van der Waals surface area contributed by atoms with E-state index in [9.17, 15) is 9.59 Å². The zero-order valence-corrected chi connectivity index (χ0v) is 16.4. The van der Waals surface area contributed by atoms with Crippen molar-refractivity contribution >= 4 is 27.0 Å². The van der Waals surface area contributed by atoms with E-state index in [1.807, 2.05) is 0 Å². The Bertz CT molecular complexity index is 579. The normalized spacial score (nSPS) is 46.0. The van der Waals surface area contributed by atoms with Crippen molar-refractivity contribution < 1.29 is 19.1 Å². The Morgan fingerprint density at radius 1 is 1.25 bits per heavy atom. The molecule has 2 aliphatic heterocycles. The summed E-state index contributed by atoms with van der Waals surface area (Å²) in [5.74, 6) is 0.542. The summed E-state index contributed by atoms with van der Waals surface area (Å²) in [5, 5.41) is 3.89. The van der Waals surface area contributed by atoms with Gasteiger partial charge in [0.2, 0.25) is 0 Å². The van der Waals surface area contributed by atoms with Gasteiger partial charge in [-0.1, -0.05) is 0 Å². The van der Waals surface area contributed by atoms with Crippen LogP contribution >= 0.6 is 0 Å². The molecule has 2 heterocycles. The van der Waals surface area contributed by atoms with Crippen LogP contribution in [0, 0.1) is 16.7 Å². The molecule has 134 valence electrons. The number of ether oxygens (including phenoxy) is 2. The van der Waals surface area contributed by atoms with Gasteiger partial charge in [0.15, 0.2) is 0 Å². The fourth-order valence-corrected chi connectivity index (χ4v) is 9.98. The summed E-state index contributed by atoms with van der Waals surface area (Å²) in [7, 11) is 0. The molecule has 2 unspecified atom stereocenters. The molecule has 1 amide bonds.